The summed E-state index contributed by atoms with van der Waals surface area (Å²) in [6, 6.07) is 7.91. The first-order valence-electron chi connectivity index (χ1n) is 8.03. The van der Waals surface area contributed by atoms with E-state index in [2.05, 4.69) is 70.9 Å². The van der Waals surface area contributed by atoms with Gasteiger partial charge >= 0.3 is 0 Å². The SMILES string of the molecule is C=C(C)CC1CC(C)c2ccc(C(=C)C)cc2N1C(C)C. The van der Waals surface area contributed by atoms with Crippen LogP contribution in [0.3, 0.4) is 0 Å². The van der Waals surface area contributed by atoms with Gasteiger partial charge in [-0.15, -0.1) is 6.58 Å². The molecule has 0 N–H and O–H groups in total. The molecule has 114 valence electrons. The molecular formula is C20H29N. The molecule has 21 heavy (non-hydrogen) atoms. The normalized spacial score (nSPS) is 21.3. The van der Waals surface area contributed by atoms with E-state index in [0.717, 1.165) is 12.0 Å². The first-order valence-corrected chi connectivity index (χ1v) is 8.03. The van der Waals surface area contributed by atoms with E-state index in [9.17, 15) is 0 Å². The highest BCUT2D eigenvalue weighted by atomic mass is 15.2. The molecule has 0 spiro atoms. The minimum Gasteiger partial charge on any atom is -0.366 e. The van der Waals surface area contributed by atoms with Crippen LogP contribution >= 0.6 is 0 Å². The van der Waals surface area contributed by atoms with Crippen molar-refractivity contribution >= 4 is 11.3 Å². The molecule has 0 fully saturated rings. The Morgan fingerprint density at radius 3 is 2.48 bits per heavy atom. The van der Waals surface area contributed by atoms with Crippen molar-refractivity contribution in [2.75, 3.05) is 4.90 Å². The molecule has 1 aliphatic rings. The van der Waals surface area contributed by atoms with Crippen molar-refractivity contribution in [2.45, 2.75) is 65.5 Å². The number of benzene rings is 1. The summed E-state index contributed by atoms with van der Waals surface area (Å²) in [4.78, 5) is 2.59. The zero-order valence-electron chi connectivity index (χ0n) is 14.2. The Kier molecular flexibility index (Phi) is 4.61. The van der Waals surface area contributed by atoms with Crippen molar-refractivity contribution in [2.24, 2.45) is 0 Å². The van der Waals surface area contributed by atoms with Crippen LogP contribution in [-0.2, 0) is 0 Å². The van der Waals surface area contributed by atoms with E-state index in [4.69, 9.17) is 0 Å². The summed E-state index contributed by atoms with van der Waals surface area (Å²) in [5.41, 5.74) is 6.54. The summed E-state index contributed by atoms with van der Waals surface area (Å²) in [5.74, 6) is 0.610. The molecular weight excluding hydrogens is 254 g/mol. The standard InChI is InChI=1S/C20H29N/c1-13(2)10-18-11-16(7)19-9-8-17(14(3)4)12-20(19)21(18)15(5)6/h8-9,12,15-16,18H,1,3,10-11H2,2,4-7H3. The molecule has 2 unspecified atom stereocenters. The van der Waals surface area contributed by atoms with Gasteiger partial charge in [0.25, 0.3) is 0 Å². The molecule has 0 saturated heterocycles. The highest BCUT2D eigenvalue weighted by molar-refractivity contribution is 5.70. The van der Waals surface area contributed by atoms with Gasteiger partial charge in [-0.05, 0) is 63.6 Å². The molecule has 2 atom stereocenters. The lowest BCUT2D eigenvalue weighted by molar-refractivity contribution is 0.450. The predicted octanol–water partition coefficient (Wildman–Crippen LogP) is 5.78. The van der Waals surface area contributed by atoms with Gasteiger partial charge < -0.3 is 4.90 Å². The maximum atomic E-state index is 4.13. The highest BCUT2D eigenvalue weighted by Gasteiger charge is 2.31. The molecule has 0 saturated carbocycles. The average molecular weight is 283 g/mol. The van der Waals surface area contributed by atoms with Gasteiger partial charge in [0.1, 0.15) is 0 Å². The molecule has 0 amide bonds. The number of hydrogen-bond donors (Lipinski definition) is 0. The van der Waals surface area contributed by atoms with Gasteiger partial charge in [-0.25, -0.2) is 0 Å². The van der Waals surface area contributed by atoms with Crippen LogP contribution in [0.25, 0.3) is 5.57 Å². The fourth-order valence-corrected chi connectivity index (χ4v) is 3.58. The number of nitrogens with zero attached hydrogens (tertiary/aromatic N) is 1. The van der Waals surface area contributed by atoms with E-state index >= 15 is 0 Å². The summed E-state index contributed by atoms with van der Waals surface area (Å²) in [6.45, 7) is 19.4. The van der Waals surface area contributed by atoms with Crippen LogP contribution in [0.4, 0.5) is 5.69 Å². The third-order valence-electron chi connectivity index (χ3n) is 4.49. The Balaban J connectivity index is 2.51. The van der Waals surface area contributed by atoms with Gasteiger partial charge in [0.15, 0.2) is 0 Å². The number of allylic oxidation sites excluding steroid dienone is 1. The van der Waals surface area contributed by atoms with Crippen LogP contribution in [0.2, 0.25) is 0 Å². The zero-order valence-corrected chi connectivity index (χ0v) is 14.2. The van der Waals surface area contributed by atoms with Crippen molar-refractivity contribution in [1.29, 1.82) is 0 Å². The van der Waals surface area contributed by atoms with Crippen LogP contribution in [0, 0.1) is 0 Å². The zero-order chi connectivity index (χ0) is 15.7. The smallest absolute Gasteiger partial charge is 0.0412 e. The van der Waals surface area contributed by atoms with Crippen LogP contribution < -0.4 is 4.90 Å². The molecule has 1 aromatic rings. The third-order valence-corrected chi connectivity index (χ3v) is 4.49. The summed E-state index contributed by atoms with van der Waals surface area (Å²) < 4.78 is 0. The minimum absolute atomic E-state index is 0.501. The van der Waals surface area contributed by atoms with E-state index in [1.807, 2.05) is 0 Å². The first kappa shape index (κ1) is 15.9. The predicted molar refractivity (Wildman–Crippen MR) is 95.0 cm³/mol. The Bertz CT molecular complexity index is 553. The molecule has 0 aliphatic carbocycles. The maximum Gasteiger partial charge on any atom is 0.0412 e. The molecule has 0 radical (unpaired) electrons. The van der Waals surface area contributed by atoms with Crippen LogP contribution in [0.15, 0.2) is 36.9 Å². The summed E-state index contributed by atoms with van der Waals surface area (Å²) in [6.07, 6.45) is 2.30. The number of anilines is 1. The molecule has 1 nitrogen and oxygen atoms in total. The van der Waals surface area contributed by atoms with Gasteiger partial charge in [0.2, 0.25) is 0 Å². The fraction of sp³-hybridized carbons (Fsp3) is 0.500. The second-order valence-electron chi connectivity index (χ2n) is 7.01. The molecule has 1 heterocycles. The number of fused-ring (bicyclic) bond motifs is 1. The van der Waals surface area contributed by atoms with E-state index in [0.29, 0.717) is 18.0 Å². The lowest BCUT2D eigenvalue weighted by Gasteiger charge is -2.44. The van der Waals surface area contributed by atoms with Gasteiger partial charge in [-0.2, -0.15) is 0 Å². The van der Waals surface area contributed by atoms with Crippen LogP contribution in [-0.4, -0.2) is 12.1 Å². The summed E-state index contributed by atoms with van der Waals surface area (Å²) in [7, 11) is 0. The Morgan fingerprint density at radius 2 is 1.95 bits per heavy atom. The average Bonchev–Trinajstić information content (AvgIpc) is 2.36. The lowest BCUT2D eigenvalue weighted by Crippen LogP contribution is -2.44. The second kappa shape index (κ2) is 6.09. The molecule has 2 rings (SSSR count). The van der Waals surface area contributed by atoms with Gasteiger partial charge in [0.05, 0.1) is 0 Å². The topological polar surface area (TPSA) is 3.24 Å². The Labute approximate surface area is 130 Å². The second-order valence-corrected chi connectivity index (χ2v) is 7.01. The minimum atomic E-state index is 0.501. The van der Waals surface area contributed by atoms with E-state index in [1.54, 1.807) is 0 Å². The molecule has 0 aromatic heterocycles. The van der Waals surface area contributed by atoms with Gasteiger partial charge in [-0.3, -0.25) is 0 Å². The van der Waals surface area contributed by atoms with Crippen molar-refractivity contribution in [3.63, 3.8) is 0 Å². The van der Waals surface area contributed by atoms with Crippen molar-refractivity contribution in [3.8, 4) is 0 Å². The summed E-state index contributed by atoms with van der Waals surface area (Å²) in [5, 5.41) is 0. The molecule has 1 aromatic carbocycles. The largest absolute Gasteiger partial charge is 0.366 e. The van der Waals surface area contributed by atoms with E-state index < -0.39 is 0 Å². The number of rotatable bonds is 4. The highest BCUT2D eigenvalue weighted by Crippen LogP contribution is 2.42. The maximum absolute atomic E-state index is 4.13. The lowest BCUT2D eigenvalue weighted by atomic mass is 9.83. The third kappa shape index (κ3) is 3.23. The van der Waals surface area contributed by atoms with Crippen molar-refractivity contribution < 1.29 is 0 Å². The van der Waals surface area contributed by atoms with Crippen LogP contribution in [0.1, 0.15) is 64.5 Å². The van der Waals surface area contributed by atoms with Crippen molar-refractivity contribution in [1.82, 2.24) is 0 Å². The molecule has 1 aliphatic heterocycles. The Morgan fingerprint density at radius 1 is 1.29 bits per heavy atom. The van der Waals surface area contributed by atoms with Gasteiger partial charge in [-0.1, -0.05) is 36.8 Å². The molecule has 1 heteroatoms. The fourth-order valence-electron chi connectivity index (χ4n) is 3.58. The molecule has 0 bridgehead atoms. The summed E-state index contributed by atoms with van der Waals surface area (Å²) >= 11 is 0. The van der Waals surface area contributed by atoms with E-state index in [1.165, 1.54) is 28.8 Å². The quantitative estimate of drug-likeness (QED) is 0.633. The van der Waals surface area contributed by atoms with E-state index in [-0.39, 0.29) is 0 Å². The van der Waals surface area contributed by atoms with Gasteiger partial charge in [0, 0.05) is 17.8 Å². The van der Waals surface area contributed by atoms with Crippen LogP contribution in [0.5, 0.6) is 0 Å². The number of hydrogen-bond acceptors (Lipinski definition) is 1. The Hall–Kier alpha value is -1.50. The van der Waals surface area contributed by atoms with Crippen molar-refractivity contribution in [3.05, 3.63) is 48.1 Å². The monoisotopic (exact) mass is 283 g/mol. The first-order chi connectivity index (χ1) is 9.81.